The minimum atomic E-state index is -5.24. The Morgan fingerprint density at radius 1 is 1.33 bits per heavy atom. The SMILES string of the molecule is NC1CCN(N(OC(=O)C(F)(F)F)C(=O)c2nc3cc(Cl)ccc3s2)CC1. The third kappa shape index (κ3) is 4.49. The summed E-state index contributed by atoms with van der Waals surface area (Å²) in [5, 5.41) is 1.82. The molecule has 0 aliphatic carbocycles. The molecule has 1 aromatic carbocycles. The summed E-state index contributed by atoms with van der Waals surface area (Å²) < 4.78 is 38.5. The van der Waals surface area contributed by atoms with Crippen molar-refractivity contribution >= 4 is 45.0 Å². The van der Waals surface area contributed by atoms with Crippen LogP contribution in [0, 0.1) is 0 Å². The van der Waals surface area contributed by atoms with Crippen LogP contribution in [-0.4, -0.2) is 52.3 Å². The maximum Gasteiger partial charge on any atom is 0.493 e. The van der Waals surface area contributed by atoms with Crippen LogP contribution in [0.4, 0.5) is 13.2 Å². The standard InChI is InChI=1S/C15H14ClF3N4O3S/c16-8-1-2-11-10(7-8)21-12(27-11)13(24)23(26-14(25)15(17,18)19)22-5-3-9(20)4-6-22/h1-2,7,9H,3-6,20H2. The van der Waals surface area contributed by atoms with Gasteiger partial charge in [-0.1, -0.05) is 16.8 Å². The van der Waals surface area contributed by atoms with Crippen molar-refractivity contribution in [3.63, 3.8) is 0 Å². The lowest BCUT2D eigenvalue weighted by atomic mass is 10.1. The Morgan fingerprint density at radius 2 is 2.00 bits per heavy atom. The fourth-order valence-electron chi connectivity index (χ4n) is 2.50. The molecule has 1 fully saturated rings. The van der Waals surface area contributed by atoms with Crippen molar-refractivity contribution in [3.05, 3.63) is 28.2 Å². The molecule has 146 valence electrons. The lowest BCUT2D eigenvalue weighted by Gasteiger charge is -2.36. The van der Waals surface area contributed by atoms with Crippen LogP contribution in [0.25, 0.3) is 10.2 Å². The summed E-state index contributed by atoms with van der Waals surface area (Å²) in [6.45, 7) is 0.323. The number of hydrazine groups is 1. The summed E-state index contributed by atoms with van der Waals surface area (Å²) in [6.07, 6.45) is -4.38. The van der Waals surface area contributed by atoms with Crippen molar-refractivity contribution in [2.24, 2.45) is 5.73 Å². The van der Waals surface area contributed by atoms with E-state index in [4.69, 9.17) is 17.3 Å². The summed E-state index contributed by atoms with van der Waals surface area (Å²) in [5.41, 5.74) is 6.19. The minimum Gasteiger partial charge on any atom is -0.328 e. The lowest BCUT2D eigenvalue weighted by molar-refractivity contribution is -0.271. The van der Waals surface area contributed by atoms with Crippen LogP contribution in [-0.2, 0) is 9.63 Å². The average molecular weight is 423 g/mol. The number of fused-ring (bicyclic) bond motifs is 1. The van der Waals surface area contributed by atoms with Gasteiger partial charge in [0.2, 0.25) is 0 Å². The summed E-state index contributed by atoms with van der Waals surface area (Å²) in [4.78, 5) is 32.5. The number of alkyl halides is 3. The van der Waals surface area contributed by atoms with Gasteiger partial charge in [0.15, 0.2) is 5.01 Å². The third-order valence-electron chi connectivity index (χ3n) is 3.88. The number of rotatable bonds is 2. The number of hydrogen-bond donors (Lipinski definition) is 1. The molecule has 1 aliphatic rings. The lowest BCUT2D eigenvalue weighted by Crippen LogP contribution is -2.53. The van der Waals surface area contributed by atoms with Crippen LogP contribution in [0.2, 0.25) is 5.02 Å². The molecule has 0 unspecified atom stereocenters. The monoisotopic (exact) mass is 422 g/mol. The molecule has 0 saturated carbocycles. The van der Waals surface area contributed by atoms with Gasteiger partial charge < -0.3 is 10.6 Å². The van der Waals surface area contributed by atoms with Crippen molar-refractivity contribution in [1.82, 2.24) is 15.2 Å². The van der Waals surface area contributed by atoms with Crippen molar-refractivity contribution in [2.45, 2.75) is 25.1 Å². The highest BCUT2D eigenvalue weighted by Crippen LogP contribution is 2.27. The Balaban J connectivity index is 1.89. The Hall–Kier alpha value is -1.95. The second-order valence-electron chi connectivity index (χ2n) is 5.88. The largest absolute Gasteiger partial charge is 0.493 e. The summed E-state index contributed by atoms with van der Waals surface area (Å²) >= 11 is 6.84. The van der Waals surface area contributed by atoms with Gasteiger partial charge in [-0.2, -0.15) is 18.2 Å². The molecule has 2 heterocycles. The highest BCUT2D eigenvalue weighted by molar-refractivity contribution is 7.20. The van der Waals surface area contributed by atoms with Crippen LogP contribution >= 0.6 is 22.9 Å². The minimum absolute atomic E-state index is 0.128. The van der Waals surface area contributed by atoms with Gasteiger partial charge in [0.25, 0.3) is 0 Å². The number of piperidine rings is 1. The number of nitrogens with two attached hydrogens (primary N) is 1. The van der Waals surface area contributed by atoms with Gasteiger partial charge in [-0.15, -0.1) is 11.3 Å². The molecule has 0 atom stereocenters. The summed E-state index contributed by atoms with van der Waals surface area (Å²) in [5.74, 6) is -3.46. The molecular formula is C15H14ClF3N4O3S. The number of benzene rings is 1. The maximum absolute atomic E-state index is 12.8. The van der Waals surface area contributed by atoms with E-state index in [1.165, 1.54) is 11.1 Å². The number of carbonyl (C=O) groups excluding carboxylic acids is 2. The zero-order valence-electron chi connectivity index (χ0n) is 13.7. The predicted octanol–water partition coefficient (Wildman–Crippen LogP) is 2.75. The zero-order chi connectivity index (χ0) is 19.8. The van der Waals surface area contributed by atoms with Crippen molar-refractivity contribution < 1.29 is 27.6 Å². The number of halogens is 4. The molecule has 1 saturated heterocycles. The molecule has 0 bridgehead atoms. The van der Waals surface area contributed by atoms with Gasteiger partial charge >= 0.3 is 18.1 Å². The number of carbonyl (C=O) groups is 2. The molecule has 1 amide bonds. The number of thiazole rings is 1. The molecule has 2 N–H and O–H groups in total. The average Bonchev–Trinajstić information content (AvgIpc) is 3.02. The molecule has 2 aromatic rings. The maximum atomic E-state index is 12.8. The molecular weight excluding hydrogens is 409 g/mol. The first kappa shape index (κ1) is 19.8. The van der Waals surface area contributed by atoms with E-state index in [0.29, 0.717) is 33.3 Å². The topological polar surface area (TPSA) is 88.8 Å². The number of amides is 1. The van der Waals surface area contributed by atoms with Crippen LogP contribution in [0.3, 0.4) is 0 Å². The molecule has 3 rings (SSSR count). The highest BCUT2D eigenvalue weighted by Gasteiger charge is 2.45. The first-order valence-electron chi connectivity index (χ1n) is 7.85. The molecule has 7 nitrogen and oxygen atoms in total. The molecule has 1 aliphatic heterocycles. The quantitative estimate of drug-likeness (QED) is 0.749. The Labute approximate surface area is 160 Å². The Kier molecular flexibility index (Phi) is 5.56. The molecule has 27 heavy (non-hydrogen) atoms. The number of hydroxylamine groups is 1. The van der Waals surface area contributed by atoms with Crippen molar-refractivity contribution in [2.75, 3.05) is 13.1 Å². The van der Waals surface area contributed by atoms with E-state index in [9.17, 15) is 22.8 Å². The first-order valence-corrected chi connectivity index (χ1v) is 9.04. The molecule has 12 heteroatoms. The normalized spacial score (nSPS) is 16.5. The van der Waals surface area contributed by atoms with Crippen LogP contribution in [0.15, 0.2) is 18.2 Å². The second-order valence-corrected chi connectivity index (χ2v) is 7.34. The van der Waals surface area contributed by atoms with Crippen molar-refractivity contribution in [3.8, 4) is 0 Å². The van der Waals surface area contributed by atoms with Gasteiger partial charge in [-0.05, 0) is 31.0 Å². The fourth-order valence-corrected chi connectivity index (χ4v) is 3.53. The smallest absolute Gasteiger partial charge is 0.328 e. The molecule has 0 spiro atoms. The second kappa shape index (κ2) is 7.58. The van der Waals surface area contributed by atoms with E-state index in [1.54, 1.807) is 12.1 Å². The number of aromatic nitrogens is 1. The molecule has 0 radical (unpaired) electrons. The first-order chi connectivity index (χ1) is 12.6. The number of nitrogens with zero attached hydrogens (tertiary/aromatic N) is 3. The third-order valence-corrected chi connectivity index (χ3v) is 5.14. The molecule has 1 aromatic heterocycles. The van der Waals surface area contributed by atoms with Crippen LogP contribution in [0.1, 0.15) is 22.6 Å². The summed E-state index contributed by atoms with van der Waals surface area (Å²) in [6, 6.07) is 4.62. The highest BCUT2D eigenvalue weighted by atomic mass is 35.5. The number of hydrogen-bond acceptors (Lipinski definition) is 7. The van der Waals surface area contributed by atoms with Crippen molar-refractivity contribution in [1.29, 1.82) is 0 Å². The van der Waals surface area contributed by atoms with Gasteiger partial charge in [-0.3, -0.25) is 4.79 Å². The van der Waals surface area contributed by atoms with Gasteiger partial charge in [0, 0.05) is 24.2 Å². The van der Waals surface area contributed by atoms with Crippen LogP contribution < -0.4 is 5.73 Å². The van der Waals surface area contributed by atoms with E-state index < -0.39 is 18.1 Å². The predicted molar refractivity (Wildman–Crippen MR) is 91.7 cm³/mol. The summed E-state index contributed by atoms with van der Waals surface area (Å²) in [7, 11) is 0. The van der Waals surface area contributed by atoms with E-state index in [0.717, 1.165) is 11.3 Å². The fraction of sp³-hybridized carbons (Fsp3) is 0.400. The van der Waals surface area contributed by atoms with E-state index in [-0.39, 0.29) is 24.1 Å². The van der Waals surface area contributed by atoms with E-state index in [1.807, 2.05) is 0 Å². The van der Waals surface area contributed by atoms with E-state index >= 15 is 0 Å². The Morgan fingerprint density at radius 3 is 2.63 bits per heavy atom. The van der Waals surface area contributed by atoms with Gasteiger partial charge in [0.1, 0.15) is 0 Å². The Bertz CT molecular complexity index is 868. The van der Waals surface area contributed by atoms with Crippen LogP contribution in [0.5, 0.6) is 0 Å². The zero-order valence-corrected chi connectivity index (χ0v) is 15.3. The van der Waals surface area contributed by atoms with Gasteiger partial charge in [0.05, 0.1) is 10.2 Å². The van der Waals surface area contributed by atoms with Gasteiger partial charge in [-0.25, -0.2) is 9.78 Å². The van der Waals surface area contributed by atoms with E-state index in [2.05, 4.69) is 9.82 Å².